The monoisotopic (exact) mass is 286 g/mol. The van der Waals surface area contributed by atoms with Crippen molar-refractivity contribution in [3.05, 3.63) is 83.4 Å². The van der Waals surface area contributed by atoms with Gasteiger partial charge in [0.1, 0.15) is 0 Å². The summed E-state index contributed by atoms with van der Waals surface area (Å²) in [5, 5.41) is 9.16. The largest absolute Gasteiger partial charge is 0.478 e. The molecule has 0 saturated heterocycles. The number of rotatable bonds is 5. The second kappa shape index (κ2) is 6.92. The van der Waals surface area contributed by atoms with Gasteiger partial charge in [0.2, 0.25) is 0 Å². The minimum atomic E-state index is -0.975. The van der Waals surface area contributed by atoms with Gasteiger partial charge in [-0.2, -0.15) is 0 Å². The van der Waals surface area contributed by atoms with E-state index in [9.17, 15) is 4.79 Å². The predicted octanol–water partition coefficient (Wildman–Crippen LogP) is 4.07. The van der Waals surface area contributed by atoms with Gasteiger partial charge in [-0.05, 0) is 11.1 Å². The lowest BCUT2D eigenvalue weighted by molar-refractivity contribution is -0.132. The van der Waals surface area contributed by atoms with Crippen LogP contribution in [0.3, 0.4) is 0 Å². The molecule has 0 radical (unpaired) electrons. The van der Waals surface area contributed by atoms with Crippen molar-refractivity contribution in [3.63, 3.8) is 0 Å². The number of hydrogen-bond acceptors (Lipinski definition) is 1. The molecule has 1 N–H and O–H groups in total. The van der Waals surface area contributed by atoms with E-state index >= 15 is 0 Å². The summed E-state index contributed by atoms with van der Waals surface area (Å²) in [6.45, 7) is 0. The van der Waals surface area contributed by atoms with Gasteiger partial charge in [-0.15, -0.1) is 11.6 Å². The van der Waals surface area contributed by atoms with Crippen LogP contribution in [0.2, 0.25) is 0 Å². The van der Waals surface area contributed by atoms with Gasteiger partial charge in [-0.3, -0.25) is 0 Å². The minimum absolute atomic E-state index is 0.00843. The lowest BCUT2D eigenvalue weighted by Crippen LogP contribution is -2.06. The molecule has 0 heterocycles. The Hall–Kier alpha value is -2.06. The van der Waals surface area contributed by atoms with Crippen LogP contribution in [0.5, 0.6) is 0 Å². The van der Waals surface area contributed by atoms with Crippen LogP contribution in [0.25, 0.3) is 0 Å². The third-order valence-corrected chi connectivity index (χ3v) is 3.39. The Morgan fingerprint density at radius 2 is 1.45 bits per heavy atom. The summed E-state index contributed by atoms with van der Waals surface area (Å²) in [7, 11) is 0. The number of hydrogen-bond donors (Lipinski definition) is 1. The van der Waals surface area contributed by atoms with E-state index in [1.54, 1.807) is 6.08 Å². The number of carbonyl (C=O) groups is 1. The number of allylic oxidation sites excluding steroid dienone is 1. The first-order chi connectivity index (χ1) is 9.72. The van der Waals surface area contributed by atoms with Gasteiger partial charge in [-0.25, -0.2) is 4.79 Å². The highest BCUT2D eigenvalue weighted by molar-refractivity contribution is 6.22. The molecule has 0 unspecified atom stereocenters. The van der Waals surface area contributed by atoms with Gasteiger partial charge in [0.05, 0.1) is 5.88 Å². The lowest BCUT2D eigenvalue weighted by Gasteiger charge is -2.15. The molecule has 0 aliphatic rings. The highest BCUT2D eigenvalue weighted by atomic mass is 35.5. The summed E-state index contributed by atoms with van der Waals surface area (Å²) in [6.07, 6.45) is 1.72. The Labute approximate surface area is 123 Å². The molecule has 2 aromatic rings. The summed E-state index contributed by atoms with van der Waals surface area (Å²) in [4.78, 5) is 11.2. The molecule has 20 heavy (non-hydrogen) atoms. The van der Waals surface area contributed by atoms with Crippen LogP contribution < -0.4 is 0 Å². The summed E-state index contributed by atoms with van der Waals surface area (Å²) in [5.41, 5.74) is 2.30. The van der Waals surface area contributed by atoms with Crippen LogP contribution in [-0.2, 0) is 4.79 Å². The lowest BCUT2D eigenvalue weighted by atomic mass is 9.89. The zero-order chi connectivity index (χ0) is 14.4. The SMILES string of the molecule is O=C(O)C(=CC(c1ccccc1)c1ccccc1)CCl. The molecule has 3 heteroatoms. The van der Waals surface area contributed by atoms with Crippen LogP contribution in [0, 0.1) is 0 Å². The minimum Gasteiger partial charge on any atom is -0.478 e. The van der Waals surface area contributed by atoms with Gasteiger partial charge in [-0.1, -0.05) is 66.7 Å². The normalized spacial score (nSPS) is 11.6. The number of carboxylic acids is 1. The molecule has 0 amide bonds. The van der Waals surface area contributed by atoms with Gasteiger partial charge in [0.25, 0.3) is 0 Å². The smallest absolute Gasteiger partial charge is 0.332 e. The number of carboxylic acid groups (broad SMARTS) is 1. The highest BCUT2D eigenvalue weighted by Gasteiger charge is 2.15. The average molecular weight is 287 g/mol. The van der Waals surface area contributed by atoms with E-state index in [1.165, 1.54) is 0 Å². The van der Waals surface area contributed by atoms with E-state index in [0.717, 1.165) is 11.1 Å². The third kappa shape index (κ3) is 3.49. The third-order valence-electron chi connectivity index (χ3n) is 3.10. The quantitative estimate of drug-likeness (QED) is 0.664. The molecule has 0 saturated carbocycles. The van der Waals surface area contributed by atoms with Gasteiger partial charge in [0, 0.05) is 11.5 Å². The molecule has 102 valence electrons. The summed E-state index contributed by atoms with van der Waals surface area (Å²) < 4.78 is 0. The maximum atomic E-state index is 11.2. The van der Waals surface area contributed by atoms with Gasteiger partial charge < -0.3 is 5.11 Å². The maximum absolute atomic E-state index is 11.2. The van der Waals surface area contributed by atoms with Crippen molar-refractivity contribution < 1.29 is 9.90 Å². The topological polar surface area (TPSA) is 37.3 Å². The molecule has 0 aliphatic heterocycles. The van der Waals surface area contributed by atoms with Crippen molar-refractivity contribution in [2.24, 2.45) is 0 Å². The Kier molecular flexibility index (Phi) is 4.97. The molecule has 0 spiro atoms. The maximum Gasteiger partial charge on any atom is 0.332 e. The molecule has 2 rings (SSSR count). The van der Waals surface area contributed by atoms with E-state index < -0.39 is 5.97 Å². The predicted molar refractivity (Wildman–Crippen MR) is 81.2 cm³/mol. The first-order valence-electron chi connectivity index (χ1n) is 6.32. The van der Waals surface area contributed by atoms with E-state index in [2.05, 4.69) is 0 Å². The van der Waals surface area contributed by atoms with Crippen LogP contribution in [0.1, 0.15) is 17.0 Å². The molecule has 2 aromatic carbocycles. The zero-order valence-corrected chi connectivity index (χ0v) is 11.6. The van der Waals surface area contributed by atoms with Crippen molar-refractivity contribution >= 4 is 17.6 Å². The Morgan fingerprint density at radius 3 is 1.80 bits per heavy atom. The van der Waals surface area contributed by atoms with Crippen molar-refractivity contribution in [2.75, 3.05) is 5.88 Å². The second-order valence-electron chi connectivity index (χ2n) is 4.43. The van der Waals surface area contributed by atoms with E-state index in [0.29, 0.717) is 0 Å². The van der Waals surface area contributed by atoms with Gasteiger partial charge >= 0.3 is 5.97 Å². The molecule has 0 fully saturated rings. The van der Waals surface area contributed by atoms with Crippen LogP contribution in [0.15, 0.2) is 72.3 Å². The number of benzene rings is 2. The van der Waals surface area contributed by atoms with Crippen molar-refractivity contribution in [1.82, 2.24) is 0 Å². The Bertz CT molecular complexity index is 551. The Morgan fingerprint density at radius 1 is 1.00 bits per heavy atom. The average Bonchev–Trinajstić information content (AvgIpc) is 2.50. The van der Waals surface area contributed by atoms with Crippen LogP contribution in [-0.4, -0.2) is 17.0 Å². The molecule has 0 aromatic heterocycles. The van der Waals surface area contributed by atoms with Crippen molar-refractivity contribution in [2.45, 2.75) is 5.92 Å². The highest BCUT2D eigenvalue weighted by Crippen LogP contribution is 2.27. The van der Waals surface area contributed by atoms with E-state index in [1.807, 2.05) is 60.7 Å². The summed E-state index contributed by atoms with van der Waals surface area (Å²) in [5.74, 6) is -1.09. The van der Waals surface area contributed by atoms with Gasteiger partial charge in [0.15, 0.2) is 0 Å². The standard InChI is InChI=1S/C17H15ClO2/c18-12-15(17(19)20)11-16(13-7-3-1-4-8-13)14-9-5-2-6-10-14/h1-11,16H,12H2,(H,19,20). The molecule has 0 aliphatic carbocycles. The second-order valence-corrected chi connectivity index (χ2v) is 4.70. The molecule has 2 nitrogen and oxygen atoms in total. The summed E-state index contributed by atoms with van der Waals surface area (Å²) >= 11 is 5.73. The fourth-order valence-electron chi connectivity index (χ4n) is 2.08. The molecule has 0 bridgehead atoms. The van der Waals surface area contributed by atoms with E-state index in [4.69, 9.17) is 16.7 Å². The summed E-state index contributed by atoms with van der Waals surface area (Å²) in [6, 6.07) is 19.6. The first kappa shape index (κ1) is 14.4. The zero-order valence-electron chi connectivity index (χ0n) is 10.9. The molecule has 0 atom stereocenters. The fraction of sp³-hybridized carbons (Fsp3) is 0.118. The number of halogens is 1. The van der Waals surface area contributed by atoms with Crippen LogP contribution >= 0.6 is 11.6 Å². The van der Waals surface area contributed by atoms with Crippen molar-refractivity contribution in [3.8, 4) is 0 Å². The fourth-order valence-corrected chi connectivity index (χ4v) is 2.28. The number of aliphatic carboxylic acids is 1. The van der Waals surface area contributed by atoms with Crippen molar-refractivity contribution in [1.29, 1.82) is 0 Å². The van der Waals surface area contributed by atoms with E-state index in [-0.39, 0.29) is 17.4 Å². The number of alkyl halides is 1. The Balaban J connectivity index is 2.48. The van der Waals surface area contributed by atoms with Crippen LogP contribution in [0.4, 0.5) is 0 Å². The first-order valence-corrected chi connectivity index (χ1v) is 6.85. The molecular weight excluding hydrogens is 272 g/mol. The molecular formula is C17H15ClO2.